The Morgan fingerprint density at radius 1 is 1.50 bits per heavy atom. The molecule has 0 bridgehead atoms. The lowest BCUT2D eigenvalue weighted by Crippen LogP contribution is -1.98. The molecule has 0 saturated heterocycles. The summed E-state index contributed by atoms with van der Waals surface area (Å²) >= 11 is 2.82. The van der Waals surface area contributed by atoms with Crippen molar-refractivity contribution in [3.63, 3.8) is 0 Å². The first kappa shape index (κ1) is 11.0. The largest absolute Gasteiger partial charge is 0.506 e. The molecule has 0 heterocycles. The summed E-state index contributed by atoms with van der Waals surface area (Å²) in [5.74, 6) is -2.03. The van der Waals surface area contributed by atoms with Crippen LogP contribution in [0.4, 0.5) is 4.39 Å². The lowest BCUT2D eigenvalue weighted by molar-refractivity contribution is -0.116. The Hall–Kier alpha value is -1.10. The SMILES string of the molecule is CC(=O)Cc1cc(F)c(O)c(Br)c1O. The van der Waals surface area contributed by atoms with Crippen molar-refractivity contribution in [2.24, 2.45) is 0 Å². The van der Waals surface area contributed by atoms with Crippen LogP contribution < -0.4 is 0 Å². The van der Waals surface area contributed by atoms with Gasteiger partial charge in [-0.15, -0.1) is 0 Å². The first-order chi connectivity index (χ1) is 6.43. The van der Waals surface area contributed by atoms with E-state index in [4.69, 9.17) is 5.11 Å². The van der Waals surface area contributed by atoms with Gasteiger partial charge in [-0.2, -0.15) is 0 Å². The Kier molecular flexibility index (Phi) is 3.10. The van der Waals surface area contributed by atoms with E-state index in [0.29, 0.717) is 0 Å². The van der Waals surface area contributed by atoms with Crippen LogP contribution in [-0.2, 0) is 11.2 Å². The van der Waals surface area contributed by atoms with Gasteiger partial charge in [-0.05, 0) is 28.9 Å². The summed E-state index contributed by atoms with van der Waals surface area (Å²) in [4.78, 5) is 10.8. The fourth-order valence-corrected chi connectivity index (χ4v) is 1.49. The van der Waals surface area contributed by atoms with Gasteiger partial charge in [0.2, 0.25) is 0 Å². The number of ketones is 1. The van der Waals surface area contributed by atoms with Gasteiger partial charge in [0.15, 0.2) is 11.6 Å². The highest BCUT2D eigenvalue weighted by Crippen LogP contribution is 2.38. The van der Waals surface area contributed by atoms with Crippen LogP contribution in [-0.4, -0.2) is 16.0 Å². The molecule has 0 aromatic heterocycles. The predicted molar refractivity (Wildman–Crippen MR) is 51.8 cm³/mol. The van der Waals surface area contributed by atoms with Gasteiger partial charge in [-0.25, -0.2) is 4.39 Å². The molecular weight excluding hydrogens is 255 g/mol. The van der Waals surface area contributed by atoms with E-state index in [1.807, 2.05) is 0 Å². The summed E-state index contributed by atoms with van der Waals surface area (Å²) in [5.41, 5.74) is 0.152. The van der Waals surface area contributed by atoms with Crippen molar-refractivity contribution >= 4 is 21.7 Å². The van der Waals surface area contributed by atoms with Crippen LogP contribution >= 0.6 is 15.9 Å². The maximum absolute atomic E-state index is 13.0. The third-order valence-electron chi connectivity index (χ3n) is 1.69. The van der Waals surface area contributed by atoms with Crippen LogP contribution in [0.5, 0.6) is 11.5 Å². The van der Waals surface area contributed by atoms with Crippen LogP contribution in [0.3, 0.4) is 0 Å². The van der Waals surface area contributed by atoms with E-state index in [2.05, 4.69) is 15.9 Å². The third-order valence-corrected chi connectivity index (χ3v) is 2.44. The normalized spacial score (nSPS) is 10.2. The molecule has 0 spiro atoms. The second-order valence-electron chi connectivity index (χ2n) is 2.91. The molecule has 0 unspecified atom stereocenters. The molecule has 0 fully saturated rings. The average molecular weight is 263 g/mol. The van der Waals surface area contributed by atoms with Crippen molar-refractivity contribution in [1.29, 1.82) is 0 Å². The van der Waals surface area contributed by atoms with Gasteiger partial charge in [0.05, 0.1) is 0 Å². The van der Waals surface area contributed by atoms with Crippen molar-refractivity contribution in [2.45, 2.75) is 13.3 Å². The van der Waals surface area contributed by atoms with Crippen LogP contribution in [0.2, 0.25) is 0 Å². The quantitative estimate of drug-likeness (QED) is 0.859. The lowest BCUT2D eigenvalue weighted by Gasteiger charge is -2.07. The predicted octanol–water partition coefficient (Wildman–Crippen LogP) is 2.13. The van der Waals surface area contributed by atoms with Crippen molar-refractivity contribution in [1.82, 2.24) is 0 Å². The number of phenolic OH excluding ortho intramolecular Hbond substituents is 2. The molecule has 0 aliphatic rings. The van der Waals surface area contributed by atoms with Gasteiger partial charge < -0.3 is 10.2 Å². The fourth-order valence-electron chi connectivity index (χ4n) is 1.05. The summed E-state index contributed by atoms with van der Waals surface area (Å²) in [7, 11) is 0. The van der Waals surface area contributed by atoms with Crippen molar-refractivity contribution in [2.75, 3.05) is 0 Å². The zero-order valence-electron chi connectivity index (χ0n) is 7.34. The van der Waals surface area contributed by atoms with Crippen LogP contribution in [0, 0.1) is 5.82 Å². The molecule has 2 N–H and O–H groups in total. The summed E-state index contributed by atoms with van der Waals surface area (Å²) < 4.78 is 12.8. The van der Waals surface area contributed by atoms with Gasteiger partial charge >= 0.3 is 0 Å². The van der Waals surface area contributed by atoms with Crippen LogP contribution in [0.15, 0.2) is 10.5 Å². The first-order valence-electron chi connectivity index (χ1n) is 3.81. The molecule has 0 atom stereocenters. The molecule has 0 aliphatic heterocycles. The molecule has 0 radical (unpaired) electrons. The van der Waals surface area contributed by atoms with Crippen LogP contribution in [0.25, 0.3) is 0 Å². The number of hydrogen-bond acceptors (Lipinski definition) is 3. The zero-order chi connectivity index (χ0) is 10.9. The Morgan fingerprint density at radius 3 is 2.57 bits per heavy atom. The van der Waals surface area contributed by atoms with Gasteiger partial charge in [0.25, 0.3) is 0 Å². The smallest absolute Gasteiger partial charge is 0.169 e. The Morgan fingerprint density at radius 2 is 2.07 bits per heavy atom. The minimum absolute atomic E-state index is 0.0678. The zero-order valence-corrected chi connectivity index (χ0v) is 8.93. The molecule has 1 aromatic carbocycles. The molecule has 3 nitrogen and oxygen atoms in total. The summed E-state index contributed by atoms with van der Waals surface area (Å²) in [6, 6.07) is 0.941. The fraction of sp³-hybridized carbons (Fsp3) is 0.222. The van der Waals surface area contributed by atoms with E-state index >= 15 is 0 Å². The molecule has 0 amide bonds. The second kappa shape index (κ2) is 3.96. The standard InChI is InChI=1S/C9H8BrFO3/c1-4(12)2-5-3-6(11)9(14)7(10)8(5)13/h3,13-14H,2H2,1H3. The molecule has 1 aromatic rings. The molecule has 1 rings (SSSR count). The maximum atomic E-state index is 13.0. The van der Waals surface area contributed by atoms with Crippen LogP contribution in [0.1, 0.15) is 12.5 Å². The number of carbonyl (C=O) groups is 1. The highest BCUT2D eigenvalue weighted by molar-refractivity contribution is 9.10. The van der Waals surface area contributed by atoms with E-state index in [9.17, 15) is 14.3 Å². The second-order valence-corrected chi connectivity index (χ2v) is 3.70. The Labute approximate surface area is 88.3 Å². The van der Waals surface area contributed by atoms with Crippen molar-refractivity contribution in [3.8, 4) is 11.5 Å². The number of hydrogen-bond donors (Lipinski definition) is 2. The van der Waals surface area contributed by atoms with Gasteiger partial charge in [0, 0.05) is 12.0 Å². The van der Waals surface area contributed by atoms with E-state index in [-0.39, 0.29) is 28.0 Å². The number of phenols is 2. The van der Waals surface area contributed by atoms with Crippen molar-refractivity contribution < 1.29 is 19.4 Å². The minimum Gasteiger partial charge on any atom is -0.506 e. The number of halogens is 2. The highest BCUT2D eigenvalue weighted by atomic mass is 79.9. The topological polar surface area (TPSA) is 57.5 Å². The molecule has 0 saturated carbocycles. The van der Waals surface area contributed by atoms with E-state index < -0.39 is 11.6 Å². The molecule has 5 heteroatoms. The summed E-state index contributed by atoms with van der Waals surface area (Å²) in [6.45, 7) is 1.33. The maximum Gasteiger partial charge on any atom is 0.169 e. The molecule has 76 valence electrons. The molecular formula is C9H8BrFO3. The lowest BCUT2D eigenvalue weighted by atomic mass is 10.1. The first-order valence-corrected chi connectivity index (χ1v) is 4.61. The van der Waals surface area contributed by atoms with E-state index in [0.717, 1.165) is 6.07 Å². The summed E-state index contributed by atoms with van der Waals surface area (Å²) in [6.07, 6.45) is -0.0678. The number of rotatable bonds is 2. The van der Waals surface area contributed by atoms with E-state index in [1.165, 1.54) is 6.92 Å². The Bertz CT molecular complexity index is 390. The average Bonchev–Trinajstić information content (AvgIpc) is 2.10. The van der Waals surface area contributed by atoms with Gasteiger partial charge in [-0.3, -0.25) is 4.79 Å². The number of Topliss-reactive ketones (excluding diaryl/α,β-unsaturated/α-hetero) is 1. The number of benzene rings is 1. The molecule has 14 heavy (non-hydrogen) atoms. The third kappa shape index (κ3) is 2.04. The number of carbonyl (C=O) groups excluding carboxylic acids is 1. The van der Waals surface area contributed by atoms with Crippen molar-refractivity contribution in [3.05, 3.63) is 21.9 Å². The van der Waals surface area contributed by atoms with Gasteiger partial charge in [0.1, 0.15) is 16.0 Å². The minimum atomic E-state index is -0.870. The van der Waals surface area contributed by atoms with E-state index in [1.54, 1.807) is 0 Å². The Balaban J connectivity index is 3.25. The summed E-state index contributed by atoms with van der Waals surface area (Å²) in [5, 5.41) is 18.5. The number of aromatic hydroxyl groups is 2. The highest BCUT2D eigenvalue weighted by Gasteiger charge is 2.15. The monoisotopic (exact) mass is 262 g/mol. The molecule has 0 aliphatic carbocycles. The van der Waals surface area contributed by atoms with Gasteiger partial charge in [-0.1, -0.05) is 0 Å².